The highest BCUT2D eigenvalue weighted by molar-refractivity contribution is 5.51. The van der Waals surface area contributed by atoms with Gasteiger partial charge >= 0.3 is 0 Å². The van der Waals surface area contributed by atoms with E-state index in [1.807, 2.05) is 43.3 Å². The second-order valence-electron chi connectivity index (χ2n) is 4.71. The molecule has 1 aliphatic heterocycles. The van der Waals surface area contributed by atoms with Crippen LogP contribution in [0.3, 0.4) is 0 Å². The van der Waals surface area contributed by atoms with Crippen LogP contribution < -0.4 is 20.9 Å². The van der Waals surface area contributed by atoms with Crippen molar-refractivity contribution >= 4 is 5.69 Å². The van der Waals surface area contributed by atoms with Crippen molar-refractivity contribution in [1.29, 1.82) is 0 Å². The zero-order valence-electron chi connectivity index (χ0n) is 10.7. The van der Waals surface area contributed by atoms with Crippen LogP contribution in [0.25, 0.3) is 0 Å². The van der Waals surface area contributed by atoms with Crippen molar-refractivity contribution < 1.29 is 9.47 Å². The van der Waals surface area contributed by atoms with E-state index in [0.717, 1.165) is 33.9 Å². The first-order chi connectivity index (χ1) is 9.15. The molecule has 0 aromatic heterocycles. The second kappa shape index (κ2) is 4.48. The van der Waals surface area contributed by atoms with Crippen LogP contribution in [0.1, 0.15) is 22.7 Å². The van der Waals surface area contributed by atoms with Gasteiger partial charge in [-0.2, -0.15) is 0 Å². The van der Waals surface area contributed by atoms with E-state index in [1.165, 1.54) is 0 Å². The van der Waals surface area contributed by atoms with E-state index in [-0.39, 0.29) is 12.8 Å². The molecule has 1 aliphatic rings. The lowest BCUT2D eigenvalue weighted by Crippen LogP contribution is -2.13. The Kier molecular flexibility index (Phi) is 2.80. The zero-order chi connectivity index (χ0) is 13.4. The monoisotopic (exact) mass is 256 g/mol. The lowest BCUT2D eigenvalue weighted by atomic mass is 9.95. The van der Waals surface area contributed by atoms with Crippen LogP contribution in [0.15, 0.2) is 36.4 Å². The third kappa shape index (κ3) is 2.11. The van der Waals surface area contributed by atoms with E-state index in [1.54, 1.807) is 0 Å². The molecule has 4 heteroatoms. The topological polar surface area (TPSA) is 70.5 Å². The summed E-state index contributed by atoms with van der Waals surface area (Å²) in [6, 6.07) is 11.3. The summed E-state index contributed by atoms with van der Waals surface area (Å²) in [5.41, 5.74) is 15.9. The van der Waals surface area contributed by atoms with Crippen LogP contribution in [0.5, 0.6) is 11.5 Å². The lowest BCUT2D eigenvalue weighted by molar-refractivity contribution is 0.174. The zero-order valence-corrected chi connectivity index (χ0v) is 10.7. The molecule has 0 spiro atoms. The fraction of sp³-hybridized carbons (Fsp3) is 0.200. The minimum Gasteiger partial charge on any atom is -0.454 e. The number of anilines is 1. The normalized spacial score (nSPS) is 14.4. The minimum absolute atomic E-state index is 0.199. The van der Waals surface area contributed by atoms with Gasteiger partial charge in [-0.05, 0) is 47.9 Å². The molecule has 0 amide bonds. The summed E-state index contributed by atoms with van der Waals surface area (Å²) in [4.78, 5) is 0. The highest BCUT2D eigenvalue weighted by Gasteiger charge is 2.19. The lowest BCUT2D eigenvalue weighted by Gasteiger charge is -2.16. The first kappa shape index (κ1) is 11.9. The van der Waals surface area contributed by atoms with Gasteiger partial charge in [0.1, 0.15) is 0 Å². The molecule has 3 rings (SSSR count). The average molecular weight is 256 g/mol. The summed E-state index contributed by atoms with van der Waals surface area (Å²) in [5, 5.41) is 0. The number of benzene rings is 2. The maximum Gasteiger partial charge on any atom is 0.231 e. The SMILES string of the molecule is Cc1cc2c(cc1C(N)c1ccc(N)cc1)OCO2. The van der Waals surface area contributed by atoms with E-state index in [4.69, 9.17) is 20.9 Å². The first-order valence-corrected chi connectivity index (χ1v) is 6.16. The van der Waals surface area contributed by atoms with Gasteiger partial charge in [-0.3, -0.25) is 0 Å². The van der Waals surface area contributed by atoms with Crippen LogP contribution in [0, 0.1) is 6.92 Å². The quantitative estimate of drug-likeness (QED) is 0.809. The Hall–Kier alpha value is -2.20. The van der Waals surface area contributed by atoms with Crippen LogP contribution in [-0.2, 0) is 0 Å². The minimum atomic E-state index is -0.199. The molecule has 4 N–H and O–H groups in total. The van der Waals surface area contributed by atoms with Crippen molar-refractivity contribution in [3.63, 3.8) is 0 Å². The number of rotatable bonds is 2. The van der Waals surface area contributed by atoms with Gasteiger partial charge in [0.05, 0.1) is 6.04 Å². The highest BCUT2D eigenvalue weighted by Crippen LogP contribution is 2.37. The molecule has 0 bridgehead atoms. The Morgan fingerprint density at radius 3 is 2.37 bits per heavy atom. The van der Waals surface area contributed by atoms with E-state index in [9.17, 15) is 0 Å². The maximum absolute atomic E-state index is 6.32. The molecule has 4 nitrogen and oxygen atoms in total. The fourth-order valence-electron chi connectivity index (χ4n) is 2.28. The number of ether oxygens (including phenoxy) is 2. The smallest absolute Gasteiger partial charge is 0.231 e. The summed E-state index contributed by atoms with van der Waals surface area (Å²) in [6.07, 6.45) is 0. The molecular weight excluding hydrogens is 240 g/mol. The number of hydrogen-bond acceptors (Lipinski definition) is 4. The third-order valence-corrected chi connectivity index (χ3v) is 3.39. The summed E-state index contributed by atoms with van der Waals surface area (Å²) >= 11 is 0. The van der Waals surface area contributed by atoms with Crippen LogP contribution in [-0.4, -0.2) is 6.79 Å². The Morgan fingerprint density at radius 1 is 1.05 bits per heavy atom. The summed E-state index contributed by atoms with van der Waals surface area (Å²) in [5.74, 6) is 1.54. The van der Waals surface area contributed by atoms with Gasteiger partial charge in [0.25, 0.3) is 0 Å². The number of nitrogen functional groups attached to an aromatic ring is 1. The average Bonchev–Trinajstić information content (AvgIpc) is 2.85. The maximum atomic E-state index is 6.32. The molecule has 19 heavy (non-hydrogen) atoms. The van der Waals surface area contributed by atoms with Crippen molar-refractivity contribution in [2.24, 2.45) is 5.73 Å². The van der Waals surface area contributed by atoms with Crippen molar-refractivity contribution in [1.82, 2.24) is 0 Å². The van der Waals surface area contributed by atoms with Crippen LogP contribution in [0.4, 0.5) is 5.69 Å². The summed E-state index contributed by atoms with van der Waals surface area (Å²) in [7, 11) is 0. The molecule has 0 saturated heterocycles. The molecule has 98 valence electrons. The van der Waals surface area contributed by atoms with E-state index in [0.29, 0.717) is 0 Å². The van der Waals surface area contributed by atoms with Gasteiger partial charge < -0.3 is 20.9 Å². The van der Waals surface area contributed by atoms with Gasteiger partial charge in [0.2, 0.25) is 6.79 Å². The number of nitrogens with two attached hydrogens (primary N) is 2. The van der Waals surface area contributed by atoms with Gasteiger partial charge in [-0.1, -0.05) is 12.1 Å². The van der Waals surface area contributed by atoms with Crippen molar-refractivity contribution in [3.8, 4) is 11.5 Å². The molecule has 1 heterocycles. The molecule has 0 fully saturated rings. The van der Waals surface area contributed by atoms with Gasteiger partial charge in [-0.25, -0.2) is 0 Å². The van der Waals surface area contributed by atoms with Crippen molar-refractivity contribution in [2.45, 2.75) is 13.0 Å². The number of hydrogen-bond donors (Lipinski definition) is 2. The first-order valence-electron chi connectivity index (χ1n) is 6.16. The molecule has 2 aromatic carbocycles. The van der Waals surface area contributed by atoms with Gasteiger partial charge in [0, 0.05) is 5.69 Å². The Labute approximate surface area is 111 Å². The Bertz CT molecular complexity index is 608. The number of fused-ring (bicyclic) bond motifs is 1. The molecule has 0 radical (unpaired) electrons. The molecule has 2 aromatic rings. The highest BCUT2D eigenvalue weighted by atomic mass is 16.7. The van der Waals surface area contributed by atoms with E-state index < -0.39 is 0 Å². The molecule has 0 aliphatic carbocycles. The fourth-order valence-corrected chi connectivity index (χ4v) is 2.28. The Balaban J connectivity index is 1.99. The van der Waals surface area contributed by atoms with Gasteiger partial charge in [0.15, 0.2) is 11.5 Å². The van der Waals surface area contributed by atoms with Crippen molar-refractivity contribution in [2.75, 3.05) is 12.5 Å². The van der Waals surface area contributed by atoms with E-state index >= 15 is 0 Å². The second-order valence-corrected chi connectivity index (χ2v) is 4.71. The summed E-state index contributed by atoms with van der Waals surface area (Å²) in [6.45, 7) is 2.30. The Morgan fingerprint density at radius 2 is 1.68 bits per heavy atom. The predicted octanol–water partition coefficient (Wildman–Crippen LogP) is 2.35. The van der Waals surface area contributed by atoms with Crippen LogP contribution >= 0.6 is 0 Å². The summed E-state index contributed by atoms with van der Waals surface area (Å²) < 4.78 is 10.8. The standard InChI is InChI=1S/C15H16N2O2/c1-9-6-13-14(19-8-18-13)7-12(9)15(17)10-2-4-11(16)5-3-10/h2-7,15H,8,16-17H2,1H3. The molecule has 1 atom stereocenters. The van der Waals surface area contributed by atoms with Gasteiger partial charge in [-0.15, -0.1) is 0 Å². The van der Waals surface area contributed by atoms with Crippen LogP contribution in [0.2, 0.25) is 0 Å². The largest absolute Gasteiger partial charge is 0.454 e. The number of aryl methyl sites for hydroxylation is 1. The molecule has 0 saturated carbocycles. The van der Waals surface area contributed by atoms with E-state index in [2.05, 4.69) is 0 Å². The molecule has 1 unspecified atom stereocenters. The molecular formula is C15H16N2O2. The third-order valence-electron chi connectivity index (χ3n) is 3.39. The predicted molar refractivity (Wildman–Crippen MR) is 74.2 cm³/mol. The van der Waals surface area contributed by atoms with Crippen molar-refractivity contribution in [3.05, 3.63) is 53.1 Å².